The first-order valence-corrected chi connectivity index (χ1v) is 3.45. The zero-order chi connectivity index (χ0) is 6.36. The fraction of sp³-hybridized carbons (Fsp3) is 0.750. The van der Waals surface area contributed by atoms with Crippen LogP contribution in [0.15, 0.2) is 0 Å². The Bertz CT molecular complexity index is 138. The average Bonchev–Trinajstić information content (AvgIpc) is 2.17. The van der Waals surface area contributed by atoms with E-state index in [0.717, 1.165) is 0 Å². The van der Waals surface area contributed by atoms with Gasteiger partial charge in [0.2, 0.25) is 0 Å². The molecular weight excluding hydrogens is 127 g/mol. The lowest BCUT2D eigenvalue weighted by molar-refractivity contribution is -0.138. The maximum atomic E-state index is 12.1. The molecule has 0 aliphatic heterocycles. The summed E-state index contributed by atoms with van der Waals surface area (Å²) in [5, 5.41) is 7.37. The van der Waals surface area contributed by atoms with Crippen LogP contribution in [-0.4, -0.2) is 27.5 Å². The number of rotatable bonds is 1. The molecule has 4 heteroatoms. The normalized spacial score (nSPS) is 44.4. The number of hydrogen-bond donors (Lipinski definition) is 1. The summed E-state index contributed by atoms with van der Waals surface area (Å²) in [6, 6.07) is 0. The number of carbonyl (C=O) groups is 1. The monoisotopic (exact) mass is 134 g/mol. The van der Waals surface area contributed by atoms with Crippen molar-refractivity contribution in [2.75, 3.05) is 0 Å². The number of aliphatic carboxylic acids is 1. The summed E-state index contributed by atoms with van der Waals surface area (Å²) in [4.78, 5) is 10.1. The minimum Gasteiger partial charge on any atom is -0.481 e. The Labute approximate surface area is 49.1 Å². The third kappa shape index (κ3) is 0.560. The molecule has 1 saturated carbocycles. The Hall–Kier alpha value is -0.383. The van der Waals surface area contributed by atoms with Crippen molar-refractivity contribution in [2.24, 2.45) is 0 Å². The van der Waals surface area contributed by atoms with E-state index in [2.05, 4.69) is 0 Å². The van der Waals surface area contributed by atoms with Gasteiger partial charge in [0.15, 0.2) is 0 Å². The van der Waals surface area contributed by atoms with E-state index in [1.807, 2.05) is 0 Å². The third-order valence-corrected chi connectivity index (χ3v) is 3.09. The smallest absolute Gasteiger partial charge is 0.308 e. The number of halogens is 1. The van der Waals surface area contributed by atoms with Gasteiger partial charge in [0.1, 0.15) is 6.17 Å². The summed E-state index contributed by atoms with van der Waals surface area (Å²) in [6.07, 6.45) is -0.805. The molecule has 1 N–H and O–H groups in total. The number of carboxylic acids is 1. The average molecular weight is 134 g/mol. The van der Waals surface area contributed by atoms with Gasteiger partial charge in [-0.3, -0.25) is 4.79 Å². The minimum atomic E-state index is -1.05. The molecule has 1 aliphatic rings. The Kier molecular flexibility index (Phi) is 0.942. The van der Waals surface area contributed by atoms with Crippen LogP contribution >= 0.6 is 0 Å². The lowest BCUT2D eigenvalue weighted by Gasteiger charge is -1.95. The van der Waals surface area contributed by atoms with Crippen molar-refractivity contribution in [2.45, 2.75) is 17.6 Å². The second-order valence-corrected chi connectivity index (χ2v) is 4.18. The van der Waals surface area contributed by atoms with Gasteiger partial charge in [-0.15, -0.1) is 0 Å². The molecule has 2 atom stereocenters. The van der Waals surface area contributed by atoms with E-state index in [4.69, 9.17) is 5.11 Å². The molecule has 1 rings (SSSR count). The lowest BCUT2D eigenvalue weighted by atomic mass is 10.4. The highest BCUT2D eigenvalue weighted by molar-refractivity contribution is 6.30. The zero-order valence-electron chi connectivity index (χ0n) is 4.52. The van der Waals surface area contributed by atoms with Gasteiger partial charge in [-0.1, -0.05) is 0 Å². The van der Waals surface area contributed by atoms with E-state index in [0.29, 0.717) is 10.2 Å². The van der Waals surface area contributed by atoms with Crippen molar-refractivity contribution in [1.29, 1.82) is 0 Å². The number of hydrogen-bond acceptors (Lipinski definition) is 1. The first-order chi connectivity index (χ1) is 3.57. The van der Waals surface area contributed by atoms with Crippen LogP contribution in [0.4, 0.5) is 4.39 Å². The van der Waals surface area contributed by atoms with E-state index < -0.39 is 17.2 Å². The second kappa shape index (κ2) is 1.31. The fourth-order valence-corrected chi connectivity index (χ4v) is 0.893. The third-order valence-electron chi connectivity index (χ3n) is 1.62. The van der Waals surface area contributed by atoms with Crippen molar-refractivity contribution >= 4 is 16.2 Å². The van der Waals surface area contributed by atoms with E-state index in [1.165, 1.54) is 0 Å². The Balaban J connectivity index is 2.60. The molecule has 0 radical (unpaired) electrons. The molecule has 0 bridgehead atoms. The molecular formula is C4H7FO2Si. The largest absolute Gasteiger partial charge is 0.481 e. The van der Waals surface area contributed by atoms with Gasteiger partial charge in [-0.05, 0) is 6.42 Å². The molecule has 0 spiro atoms. The predicted octanol–water partition coefficient (Wildman–Crippen LogP) is -0.663. The molecule has 0 aromatic rings. The van der Waals surface area contributed by atoms with Crippen LogP contribution in [0.3, 0.4) is 0 Å². The maximum Gasteiger partial charge on any atom is 0.308 e. The summed E-state index contributed by atoms with van der Waals surface area (Å²) in [6.45, 7) is 0. The van der Waals surface area contributed by atoms with Gasteiger partial charge in [0.25, 0.3) is 0 Å². The van der Waals surface area contributed by atoms with E-state index in [1.54, 1.807) is 0 Å². The zero-order valence-corrected chi connectivity index (χ0v) is 6.52. The second-order valence-electron chi connectivity index (χ2n) is 2.39. The first-order valence-electron chi connectivity index (χ1n) is 2.45. The SMILES string of the molecule is O=C(O)[C@]1([SiH3])C[C@@H]1F. The molecule has 8 heavy (non-hydrogen) atoms. The molecule has 0 unspecified atom stereocenters. The van der Waals surface area contributed by atoms with Gasteiger partial charge in [0, 0.05) is 10.2 Å². The van der Waals surface area contributed by atoms with Crippen LogP contribution in [0.2, 0.25) is 5.04 Å². The minimum absolute atomic E-state index is 0.245. The van der Waals surface area contributed by atoms with Crippen molar-refractivity contribution in [1.82, 2.24) is 0 Å². The van der Waals surface area contributed by atoms with E-state index in [-0.39, 0.29) is 6.42 Å². The summed E-state index contributed by atoms with van der Waals surface area (Å²) in [7, 11) is 0.433. The molecule has 1 fully saturated rings. The molecule has 0 aromatic heterocycles. The van der Waals surface area contributed by atoms with Crippen LogP contribution in [0.1, 0.15) is 6.42 Å². The maximum absolute atomic E-state index is 12.1. The number of alkyl halides is 1. The van der Waals surface area contributed by atoms with Gasteiger partial charge in [-0.25, -0.2) is 4.39 Å². The standard InChI is InChI=1S/C4H7FO2Si/c5-2-1-4(2,8)3(6)7/h2H,1H2,8H3,(H,6,7)/t2-,4-/m0/s1. The van der Waals surface area contributed by atoms with Gasteiger partial charge >= 0.3 is 5.97 Å². The predicted molar refractivity (Wildman–Crippen MR) is 29.8 cm³/mol. The molecule has 46 valence electrons. The van der Waals surface area contributed by atoms with Crippen LogP contribution in [0.5, 0.6) is 0 Å². The highest BCUT2D eigenvalue weighted by Gasteiger charge is 2.57. The number of carboxylic acid groups (broad SMARTS) is 1. The van der Waals surface area contributed by atoms with Crippen molar-refractivity contribution in [3.05, 3.63) is 0 Å². The molecule has 1 aliphatic carbocycles. The van der Waals surface area contributed by atoms with Gasteiger partial charge in [0.05, 0.1) is 5.04 Å². The van der Waals surface area contributed by atoms with Crippen LogP contribution in [0, 0.1) is 0 Å². The fourth-order valence-electron chi connectivity index (χ4n) is 0.535. The van der Waals surface area contributed by atoms with Crippen LogP contribution in [0.25, 0.3) is 0 Å². The Morgan fingerprint density at radius 1 is 2.00 bits per heavy atom. The van der Waals surface area contributed by atoms with Gasteiger partial charge < -0.3 is 5.11 Å². The molecule has 0 aromatic carbocycles. The van der Waals surface area contributed by atoms with E-state index >= 15 is 0 Å². The highest BCUT2D eigenvalue weighted by Crippen LogP contribution is 2.53. The van der Waals surface area contributed by atoms with Crippen LogP contribution < -0.4 is 0 Å². The van der Waals surface area contributed by atoms with Crippen molar-refractivity contribution in [3.8, 4) is 0 Å². The lowest BCUT2D eigenvalue weighted by Crippen LogP contribution is -2.10. The summed E-state index contributed by atoms with van der Waals surface area (Å²) in [5.41, 5.74) is 0. The summed E-state index contributed by atoms with van der Waals surface area (Å²) < 4.78 is 12.1. The van der Waals surface area contributed by atoms with Gasteiger partial charge in [-0.2, -0.15) is 0 Å². The summed E-state index contributed by atoms with van der Waals surface area (Å²) >= 11 is 0. The van der Waals surface area contributed by atoms with Crippen molar-refractivity contribution < 1.29 is 14.3 Å². The highest BCUT2D eigenvalue weighted by atomic mass is 28.1. The van der Waals surface area contributed by atoms with E-state index in [9.17, 15) is 9.18 Å². The Morgan fingerprint density at radius 3 is 2.38 bits per heavy atom. The molecule has 0 saturated heterocycles. The summed E-state index contributed by atoms with van der Waals surface area (Å²) in [5.74, 6) is -0.961. The molecule has 0 heterocycles. The van der Waals surface area contributed by atoms with Crippen molar-refractivity contribution in [3.63, 3.8) is 0 Å². The molecule has 2 nitrogen and oxygen atoms in total. The molecule has 0 amide bonds. The Morgan fingerprint density at radius 2 is 2.38 bits per heavy atom. The quantitative estimate of drug-likeness (QED) is 0.483. The van der Waals surface area contributed by atoms with Crippen LogP contribution in [-0.2, 0) is 4.79 Å². The topological polar surface area (TPSA) is 37.3 Å². The first kappa shape index (κ1) is 5.75.